The third-order valence-corrected chi connectivity index (χ3v) is 3.68. The number of hydrogen-bond donors (Lipinski definition) is 1. The first kappa shape index (κ1) is 14.9. The molecule has 1 heterocycles. The van der Waals surface area contributed by atoms with Crippen LogP contribution in [0.5, 0.6) is 5.75 Å². The van der Waals surface area contributed by atoms with Crippen LogP contribution in [0.4, 0.5) is 5.82 Å². The van der Waals surface area contributed by atoms with Crippen molar-refractivity contribution in [1.29, 1.82) is 0 Å². The Labute approximate surface area is 133 Å². The Bertz CT molecular complexity index is 877. The minimum Gasteiger partial charge on any atom is -0.710 e. The van der Waals surface area contributed by atoms with E-state index >= 15 is 0 Å². The summed E-state index contributed by atoms with van der Waals surface area (Å²) in [6.07, 6.45) is 0. The predicted molar refractivity (Wildman–Crippen MR) is 87.6 cm³/mol. The lowest BCUT2D eigenvalue weighted by Gasteiger charge is -2.14. The first-order valence-electron chi connectivity index (χ1n) is 7.31. The normalized spacial score (nSPS) is 10.9. The Morgan fingerprint density at radius 1 is 1.00 bits per heavy atom. The number of aryl methyl sites for hydroxylation is 1. The lowest BCUT2D eigenvalue weighted by atomic mass is 10.1. The fraction of sp³-hybridized carbons (Fsp3) is 0.176. The fourth-order valence-corrected chi connectivity index (χ4v) is 2.52. The highest BCUT2D eigenvalue weighted by atomic mass is 16.5. The topological polar surface area (TPSA) is 89.1 Å². The first-order chi connectivity index (χ1) is 11.0. The average molecular weight is 311 g/mol. The maximum atomic E-state index is 12.8. The van der Waals surface area contributed by atoms with Crippen molar-refractivity contribution in [2.24, 2.45) is 0 Å². The molecule has 0 aliphatic heterocycles. The van der Waals surface area contributed by atoms with Gasteiger partial charge in [-0.05, 0) is 38.1 Å². The van der Waals surface area contributed by atoms with Gasteiger partial charge in [0.25, 0.3) is 5.52 Å². The highest BCUT2D eigenvalue weighted by molar-refractivity contribution is 5.75. The third-order valence-electron chi connectivity index (χ3n) is 3.68. The number of aromatic nitrogens is 2. The van der Waals surface area contributed by atoms with E-state index in [1.54, 1.807) is 24.3 Å². The van der Waals surface area contributed by atoms with E-state index in [-0.39, 0.29) is 22.5 Å². The minimum atomic E-state index is -0.125. The summed E-state index contributed by atoms with van der Waals surface area (Å²) in [5, 5.41) is 25.2. The van der Waals surface area contributed by atoms with E-state index in [1.165, 1.54) is 6.07 Å². The van der Waals surface area contributed by atoms with E-state index in [0.29, 0.717) is 27.4 Å². The van der Waals surface area contributed by atoms with Crippen molar-refractivity contribution in [3.8, 4) is 17.0 Å². The van der Waals surface area contributed by atoms with Gasteiger partial charge in [0, 0.05) is 0 Å². The summed E-state index contributed by atoms with van der Waals surface area (Å²) in [4.78, 5) is 0. The second-order valence-electron chi connectivity index (χ2n) is 5.27. The lowest BCUT2D eigenvalue weighted by molar-refractivity contribution is -0.609. The van der Waals surface area contributed by atoms with Gasteiger partial charge in [-0.15, -0.1) is 0 Å². The molecule has 118 valence electrons. The molecule has 0 saturated carbocycles. The van der Waals surface area contributed by atoms with Crippen molar-refractivity contribution in [1.82, 2.24) is 0 Å². The van der Waals surface area contributed by atoms with E-state index in [2.05, 4.69) is 0 Å². The van der Waals surface area contributed by atoms with Crippen molar-refractivity contribution < 1.29 is 14.2 Å². The summed E-state index contributed by atoms with van der Waals surface area (Å²) in [6, 6.07) is 12.0. The highest BCUT2D eigenvalue weighted by Crippen LogP contribution is 2.24. The Kier molecular flexibility index (Phi) is 3.65. The largest absolute Gasteiger partial charge is 0.710 e. The highest BCUT2D eigenvalue weighted by Gasteiger charge is 2.25. The molecule has 2 aromatic carbocycles. The molecule has 0 aliphatic rings. The fourth-order valence-electron chi connectivity index (χ4n) is 2.52. The van der Waals surface area contributed by atoms with Crippen molar-refractivity contribution in [2.75, 3.05) is 12.3 Å². The van der Waals surface area contributed by atoms with Crippen LogP contribution in [0.15, 0.2) is 42.5 Å². The van der Waals surface area contributed by atoms with Crippen LogP contribution in [0.2, 0.25) is 0 Å². The van der Waals surface area contributed by atoms with Gasteiger partial charge in [0.2, 0.25) is 5.52 Å². The van der Waals surface area contributed by atoms with Crippen LogP contribution in [0, 0.1) is 17.3 Å². The Morgan fingerprint density at radius 3 is 2.35 bits per heavy atom. The van der Waals surface area contributed by atoms with Gasteiger partial charge in [-0.2, -0.15) is 4.73 Å². The molecule has 0 bridgehead atoms. The van der Waals surface area contributed by atoms with Gasteiger partial charge in [-0.25, -0.2) is 4.73 Å². The second kappa shape index (κ2) is 5.64. The zero-order valence-electron chi connectivity index (χ0n) is 12.9. The summed E-state index contributed by atoms with van der Waals surface area (Å²) in [7, 11) is 0. The van der Waals surface area contributed by atoms with Crippen LogP contribution in [0.3, 0.4) is 0 Å². The SMILES string of the molecule is CCOc1ccc2c(c1)[n+]([O-])c(-c1ccc(C)cc1)c(N)[n+]2[O-]. The molecular weight excluding hydrogens is 294 g/mol. The predicted octanol–water partition coefficient (Wildman–Crippen LogP) is 2.06. The summed E-state index contributed by atoms with van der Waals surface area (Å²) >= 11 is 0. The number of nitrogen functional groups attached to an aromatic ring is 1. The first-order valence-corrected chi connectivity index (χ1v) is 7.31. The number of anilines is 1. The second-order valence-corrected chi connectivity index (χ2v) is 5.27. The van der Waals surface area contributed by atoms with Crippen LogP contribution in [0.1, 0.15) is 12.5 Å². The van der Waals surface area contributed by atoms with E-state index < -0.39 is 0 Å². The number of rotatable bonds is 3. The standard InChI is InChI=1S/C17H17N3O3/c1-3-23-13-8-9-14-15(10-13)19(21)16(17(18)20(14)22)12-6-4-11(2)5-7-12/h4-10H,3,18H2,1-2H3. The van der Waals surface area contributed by atoms with Crippen LogP contribution >= 0.6 is 0 Å². The van der Waals surface area contributed by atoms with Gasteiger partial charge in [-0.3, -0.25) is 5.73 Å². The number of nitrogens with two attached hydrogens (primary N) is 1. The summed E-state index contributed by atoms with van der Waals surface area (Å²) in [6.45, 7) is 4.27. The third kappa shape index (κ3) is 2.48. The molecule has 0 atom stereocenters. The van der Waals surface area contributed by atoms with Crippen molar-refractivity contribution >= 4 is 16.9 Å². The molecule has 2 N–H and O–H groups in total. The minimum absolute atomic E-state index is 0.125. The smallest absolute Gasteiger partial charge is 0.351 e. The van der Waals surface area contributed by atoms with Crippen molar-refractivity contribution in [3.05, 3.63) is 58.4 Å². The van der Waals surface area contributed by atoms with Crippen LogP contribution in [-0.4, -0.2) is 6.61 Å². The maximum Gasteiger partial charge on any atom is 0.351 e. The summed E-state index contributed by atoms with van der Waals surface area (Å²) < 4.78 is 6.67. The van der Waals surface area contributed by atoms with E-state index in [1.807, 2.05) is 26.0 Å². The number of hydrogen-bond acceptors (Lipinski definition) is 4. The molecule has 6 heteroatoms. The lowest BCUT2D eigenvalue weighted by Crippen LogP contribution is -2.42. The molecule has 0 saturated heterocycles. The van der Waals surface area contributed by atoms with Gasteiger partial charge in [0.1, 0.15) is 5.75 Å². The van der Waals surface area contributed by atoms with Crippen LogP contribution in [-0.2, 0) is 0 Å². The molecule has 1 aromatic heterocycles. The molecule has 3 aromatic rings. The molecular formula is C17H17N3O3. The van der Waals surface area contributed by atoms with Crippen LogP contribution < -0.4 is 19.9 Å². The van der Waals surface area contributed by atoms with Crippen molar-refractivity contribution in [2.45, 2.75) is 13.8 Å². The van der Waals surface area contributed by atoms with Crippen LogP contribution in [0.25, 0.3) is 22.3 Å². The number of nitrogens with zero attached hydrogens (tertiary/aromatic N) is 2. The summed E-state index contributed by atoms with van der Waals surface area (Å²) in [5.41, 5.74) is 8.13. The zero-order chi connectivity index (χ0) is 16.6. The van der Waals surface area contributed by atoms with Gasteiger partial charge in [0.05, 0.1) is 18.2 Å². The van der Waals surface area contributed by atoms with E-state index in [4.69, 9.17) is 10.5 Å². The van der Waals surface area contributed by atoms with E-state index in [0.717, 1.165) is 5.56 Å². The van der Waals surface area contributed by atoms with Crippen molar-refractivity contribution in [3.63, 3.8) is 0 Å². The van der Waals surface area contributed by atoms with Gasteiger partial charge in [-0.1, -0.05) is 17.7 Å². The molecule has 0 radical (unpaired) electrons. The number of fused-ring (bicyclic) bond motifs is 1. The van der Waals surface area contributed by atoms with Gasteiger partial charge >= 0.3 is 11.5 Å². The van der Waals surface area contributed by atoms with Gasteiger partial charge < -0.3 is 15.2 Å². The Hall–Kier alpha value is -3.02. The molecule has 23 heavy (non-hydrogen) atoms. The zero-order valence-corrected chi connectivity index (χ0v) is 12.9. The quantitative estimate of drug-likeness (QED) is 0.592. The molecule has 0 amide bonds. The summed E-state index contributed by atoms with van der Waals surface area (Å²) in [5.74, 6) is 0.407. The number of ether oxygens (including phenoxy) is 1. The van der Waals surface area contributed by atoms with Gasteiger partial charge in [0.15, 0.2) is 0 Å². The molecule has 6 nitrogen and oxygen atoms in total. The molecule has 0 aliphatic carbocycles. The van der Waals surface area contributed by atoms with E-state index in [9.17, 15) is 10.4 Å². The maximum absolute atomic E-state index is 12.8. The number of benzene rings is 2. The molecule has 0 fully saturated rings. The Morgan fingerprint density at radius 2 is 1.70 bits per heavy atom. The average Bonchev–Trinajstić information content (AvgIpc) is 2.55. The molecule has 0 spiro atoms. The molecule has 0 unspecified atom stereocenters. The molecule has 3 rings (SSSR count). The Balaban J connectivity index is 2.31. The monoisotopic (exact) mass is 311 g/mol.